The van der Waals surface area contributed by atoms with Crippen molar-refractivity contribution in [1.82, 2.24) is 15.2 Å². The highest BCUT2D eigenvalue weighted by Gasteiger charge is 2.20. The molecule has 0 fully saturated rings. The molecule has 1 aromatic rings. The van der Waals surface area contributed by atoms with Gasteiger partial charge in [0.25, 0.3) is 0 Å². The van der Waals surface area contributed by atoms with Crippen molar-refractivity contribution in [3.63, 3.8) is 0 Å². The molecule has 1 rings (SSSR count). The highest BCUT2D eigenvalue weighted by molar-refractivity contribution is 6.36. The van der Waals surface area contributed by atoms with Gasteiger partial charge in [-0.15, -0.1) is 0 Å². The molecule has 7 nitrogen and oxygen atoms in total. The third-order valence-electron chi connectivity index (χ3n) is 2.39. The number of carbonyl (C=O) groups is 3. The molecule has 0 radical (unpaired) electrons. The average molecular weight is 264 g/mol. The number of pyridine rings is 1. The van der Waals surface area contributed by atoms with Gasteiger partial charge in [-0.1, -0.05) is 0 Å². The molecular formula is C12H16N4O3. The number of aromatic nitrogens is 1. The first-order valence-corrected chi connectivity index (χ1v) is 5.82. The van der Waals surface area contributed by atoms with Crippen LogP contribution in [0.2, 0.25) is 0 Å². The summed E-state index contributed by atoms with van der Waals surface area (Å²) in [6.45, 7) is 0.689. The van der Waals surface area contributed by atoms with E-state index >= 15 is 0 Å². The number of nitrogens with one attached hydrogen (secondary N) is 1. The fraction of sp³-hybridized carbons (Fsp3) is 0.333. The number of hydrogen-bond acceptors (Lipinski definition) is 5. The molecule has 7 heteroatoms. The quantitative estimate of drug-likeness (QED) is 0.508. The molecule has 0 spiro atoms. The second-order valence-electron chi connectivity index (χ2n) is 3.78. The van der Waals surface area contributed by atoms with E-state index in [1.165, 1.54) is 0 Å². The molecule has 0 unspecified atom stereocenters. The van der Waals surface area contributed by atoms with E-state index in [1.54, 1.807) is 24.5 Å². The van der Waals surface area contributed by atoms with Crippen LogP contribution >= 0.6 is 0 Å². The minimum Gasteiger partial charge on any atom is -0.344 e. The zero-order valence-electron chi connectivity index (χ0n) is 10.4. The number of imide groups is 1. The number of amides is 3. The van der Waals surface area contributed by atoms with E-state index in [0.29, 0.717) is 19.4 Å². The van der Waals surface area contributed by atoms with Crippen LogP contribution < -0.4 is 11.1 Å². The van der Waals surface area contributed by atoms with Crippen molar-refractivity contribution in [2.45, 2.75) is 13.0 Å². The topological polar surface area (TPSA) is 105 Å². The molecule has 0 aliphatic carbocycles. The molecule has 0 saturated carbocycles. The lowest BCUT2D eigenvalue weighted by atomic mass is 10.2. The van der Waals surface area contributed by atoms with Gasteiger partial charge in [-0.25, -0.2) is 0 Å². The van der Waals surface area contributed by atoms with Crippen molar-refractivity contribution in [3.05, 3.63) is 30.1 Å². The Morgan fingerprint density at radius 3 is 2.63 bits per heavy atom. The normalized spacial score (nSPS) is 9.74. The van der Waals surface area contributed by atoms with Crippen molar-refractivity contribution < 1.29 is 14.4 Å². The zero-order chi connectivity index (χ0) is 14.1. The highest BCUT2D eigenvalue weighted by atomic mass is 16.2. The summed E-state index contributed by atoms with van der Waals surface area (Å²) in [7, 11) is 0. The molecule has 0 aromatic carbocycles. The van der Waals surface area contributed by atoms with Crippen molar-refractivity contribution in [1.29, 1.82) is 0 Å². The maximum absolute atomic E-state index is 11.6. The first-order valence-electron chi connectivity index (χ1n) is 5.82. The van der Waals surface area contributed by atoms with Gasteiger partial charge in [0.2, 0.25) is 6.41 Å². The third kappa shape index (κ3) is 4.84. The lowest BCUT2D eigenvalue weighted by Crippen LogP contribution is -2.42. The first kappa shape index (κ1) is 14.8. The molecule has 19 heavy (non-hydrogen) atoms. The molecule has 0 atom stereocenters. The van der Waals surface area contributed by atoms with Gasteiger partial charge in [0.05, 0.1) is 0 Å². The van der Waals surface area contributed by atoms with Crippen LogP contribution in [-0.4, -0.2) is 41.2 Å². The van der Waals surface area contributed by atoms with Crippen LogP contribution in [0.1, 0.15) is 12.0 Å². The van der Waals surface area contributed by atoms with E-state index in [4.69, 9.17) is 5.73 Å². The summed E-state index contributed by atoms with van der Waals surface area (Å²) < 4.78 is 0. The summed E-state index contributed by atoms with van der Waals surface area (Å²) in [5.41, 5.74) is 6.10. The fourth-order valence-electron chi connectivity index (χ4n) is 1.35. The van der Waals surface area contributed by atoms with Gasteiger partial charge < -0.3 is 11.1 Å². The van der Waals surface area contributed by atoms with Crippen molar-refractivity contribution in [2.24, 2.45) is 5.73 Å². The largest absolute Gasteiger partial charge is 0.344 e. The molecule has 0 saturated heterocycles. The van der Waals surface area contributed by atoms with Crippen LogP contribution in [0.15, 0.2) is 24.5 Å². The summed E-state index contributed by atoms with van der Waals surface area (Å²) in [5.74, 6) is -1.70. The summed E-state index contributed by atoms with van der Waals surface area (Å²) in [6.07, 6.45) is 3.97. The van der Waals surface area contributed by atoms with E-state index in [1.807, 2.05) is 0 Å². The van der Waals surface area contributed by atoms with E-state index in [-0.39, 0.29) is 13.1 Å². The molecule has 3 amide bonds. The van der Waals surface area contributed by atoms with Gasteiger partial charge in [0.1, 0.15) is 0 Å². The second-order valence-corrected chi connectivity index (χ2v) is 3.78. The van der Waals surface area contributed by atoms with Crippen molar-refractivity contribution in [3.8, 4) is 0 Å². The molecule has 0 bridgehead atoms. The van der Waals surface area contributed by atoms with Gasteiger partial charge in [-0.2, -0.15) is 0 Å². The third-order valence-corrected chi connectivity index (χ3v) is 2.39. The van der Waals surface area contributed by atoms with Crippen LogP contribution in [-0.2, 0) is 20.9 Å². The van der Waals surface area contributed by atoms with E-state index in [2.05, 4.69) is 10.3 Å². The number of carbonyl (C=O) groups excluding carboxylic acids is 3. The van der Waals surface area contributed by atoms with Crippen LogP contribution in [0.3, 0.4) is 0 Å². The van der Waals surface area contributed by atoms with Gasteiger partial charge in [-0.3, -0.25) is 24.3 Å². The molecule has 1 aromatic heterocycles. The van der Waals surface area contributed by atoms with Crippen LogP contribution in [0.25, 0.3) is 0 Å². The smallest absolute Gasteiger partial charge is 0.318 e. The SMILES string of the molecule is NCCCN(C=O)C(=O)C(=O)NCc1ccncc1. The predicted octanol–water partition coefficient (Wildman–Crippen LogP) is -0.968. The van der Waals surface area contributed by atoms with Crippen LogP contribution in [0.5, 0.6) is 0 Å². The molecule has 0 aliphatic rings. The Morgan fingerprint density at radius 1 is 1.37 bits per heavy atom. The number of nitrogens with two attached hydrogens (primary N) is 1. The van der Waals surface area contributed by atoms with Gasteiger partial charge in [0, 0.05) is 25.5 Å². The number of nitrogens with zero attached hydrogens (tertiary/aromatic N) is 2. The number of hydrogen-bond donors (Lipinski definition) is 2. The Labute approximate surface area is 110 Å². The van der Waals surface area contributed by atoms with Gasteiger partial charge in [0.15, 0.2) is 0 Å². The minimum absolute atomic E-state index is 0.140. The standard InChI is InChI=1S/C12H16N4O3/c13-4-1-7-16(9-17)12(19)11(18)15-8-10-2-5-14-6-3-10/h2-3,5-6,9H,1,4,7-8,13H2,(H,15,18). The summed E-state index contributed by atoms with van der Waals surface area (Å²) in [5, 5.41) is 2.44. The lowest BCUT2D eigenvalue weighted by molar-refractivity contribution is -0.148. The van der Waals surface area contributed by atoms with E-state index in [0.717, 1.165) is 10.5 Å². The Morgan fingerprint density at radius 2 is 2.05 bits per heavy atom. The Kier molecular flexibility index (Phi) is 6.17. The second kappa shape index (κ2) is 7.93. The van der Waals surface area contributed by atoms with Crippen LogP contribution in [0.4, 0.5) is 0 Å². The monoisotopic (exact) mass is 264 g/mol. The van der Waals surface area contributed by atoms with Crippen molar-refractivity contribution in [2.75, 3.05) is 13.1 Å². The average Bonchev–Trinajstić information content (AvgIpc) is 2.46. The minimum atomic E-state index is -0.877. The Balaban J connectivity index is 2.47. The summed E-state index contributed by atoms with van der Waals surface area (Å²) in [4.78, 5) is 38.6. The van der Waals surface area contributed by atoms with Gasteiger partial charge >= 0.3 is 11.8 Å². The van der Waals surface area contributed by atoms with Crippen molar-refractivity contribution >= 4 is 18.2 Å². The first-order chi connectivity index (χ1) is 9.19. The van der Waals surface area contributed by atoms with Gasteiger partial charge in [-0.05, 0) is 30.7 Å². The maximum Gasteiger partial charge on any atom is 0.318 e. The zero-order valence-corrected chi connectivity index (χ0v) is 10.4. The molecular weight excluding hydrogens is 248 g/mol. The molecule has 1 heterocycles. The summed E-state index contributed by atoms with van der Waals surface area (Å²) in [6, 6.07) is 3.44. The van der Waals surface area contributed by atoms with E-state index < -0.39 is 11.8 Å². The highest BCUT2D eigenvalue weighted by Crippen LogP contribution is 1.95. The lowest BCUT2D eigenvalue weighted by Gasteiger charge is -2.14. The molecule has 0 aliphatic heterocycles. The maximum atomic E-state index is 11.6. The Hall–Kier alpha value is -2.28. The molecule has 3 N–H and O–H groups in total. The summed E-state index contributed by atoms with van der Waals surface area (Å²) >= 11 is 0. The van der Waals surface area contributed by atoms with Crippen LogP contribution in [0, 0.1) is 0 Å². The Bertz CT molecular complexity index is 436. The molecule has 102 valence electrons. The predicted molar refractivity (Wildman–Crippen MR) is 67.5 cm³/mol. The van der Waals surface area contributed by atoms with E-state index in [9.17, 15) is 14.4 Å². The number of rotatable bonds is 6. The fourth-order valence-corrected chi connectivity index (χ4v) is 1.35.